The van der Waals surface area contributed by atoms with Gasteiger partial charge in [0.1, 0.15) is 0 Å². The average Bonchev–Trinajstić information content (AvgIpc) is 2.28. The zero-order chi connectivity index (χ0) is 11.8. The highest BCUT2D eigenvalue weighted by Crippen LogP contribution is 2.06. The molecular formula is C14H23NO. The first-order valence-electron chi connectivity index (χ1n) is 6.09. The molecule has 1 rings (SSSR count). The molecule has 0 heterocycles. The van der Waals surface area contributed by atoms with Crippen LogP contribution in [0.25, 0.3) is 0 Å². The second kappa shape index (κ2) is 7.42. The molecule has 0 spiro atoms. The molecule has 0 saturated heterocycles. The van der Waals surface area contributed by atoms with Crippen LogP contribution >= 0.6 is 0 Å². The van der Waals surface area contributed by atoms with Crippen molar-refractivity contribution in [3.05, 3.63) is 35.9 Å². The summed E-state index contributed by atoms with van der Waals surface area (Å²) in [4.78, 5) is 0. The zero-order valence-corrected chi connectivity index (χ0v) is 10.4. The van der Waals surface area contributed by atoms with Crippen LogP contribution in [-0.4, -0.2) is 18.8 Å². The van der Waals surface area contributed by atoms with E-state index in [4.69, 9.17) is 10.5 Å². The lowest BCUT2D eigenvalue weighted by molar-refractivity contribution is 0.0666. The van der Waals surface area contributed by atoms with Crippen molar-refractivity contribution in [3.8, 4) is 0 Å². The Morgan fingerprint density at radius 2 is 1.88 bits per heavy atom. The molecule has 0 amide bonds. The molecule has 16 heavy (non-hydrogen) atoms. The van der Waals surface area contributed by atoms with E-state index in [-0.39, 0.29) is 12.1 Å². The molecule has 0 aliphatic carbocycles. The summed E-state index contributed by atoms with van der Waals surface area (Å²) in [5.74, 6) is 0. The normalized spacial score (nSPS) is 13.0. The van der Waals surface area contributed by atoms with Crippen LogP contribution in [0.15, 0.2) is 30.3 Å². The minimum atomic E-state index is 0.172. The van der Waals surface area contributed by atoms with Crippen molar-refractivity contribution in [3.63, 3.8) is 0 Å². The predicted octanol–water partition coefficient (Wildman–Crippen LogP) is 2.76. The maximum Gasteiger partial charge on any atom is 0.0620 e. The van der Waals surface area contributed by atoms with Crippen molar-refractivity contribution in [2.75, 3.05) is 6.61 Å². The van der Waals surface area contributed by atoms with Crippen LogP contribution in [0.5, 0.6) is 0 Å². The Labute approximate surface area is 98.8 Å². The highest BCUT2D eigenvalue weighted by molar-refractivity contribution is 5.14. The van der Waals surface area contributed by atoms with Gasteiger partial charge in [0.25, 0.3) is 0 Å². The van der Waals surface area contributed by atoms with Crippen LogP contribution in [0.2, 0.25) is 0 Å². The van der Waals surface area contributed by atoms with Crippen LogP contribution in [-0.2, 0) is 11.2 Å². The summed E-state index contributed by atoms with van der Waals surface area (Å²) in [6, 6.07) is 10.7. The molecule has 1 aromatic carbocycles. The van der Waals surface area contributed by atoms with Crippen LogP contribution in [0.4, 0.5) is 0 Å². The van der Waals surface area contributed by atoms with Crippen LogP contribution in [0.1, 0.15) is 32.3 Å². The maximum atomic E-state index is 5.96. The monoisotopic (exact) mass is 221 g/mol. The van der Waals surface area contributed by atoms with Gasteiger partial charge >= 0.3 is 0 Å². The molecule has 1 atom stereocenters. The van der Waals surface area contributed by atoms with Gasteiger partial charge in [-0.1, -0.05) is 30.3 Å². The van der Waals surface area contributed by atoms with Crippen LogP contribution < -0.4 is 5.73 Å². The molecule has 0 saturated carbocycles. The van der Waals surface area contributed by atoms with Gasteiger partial charge in [-0.15, -0.1) is 0 Å². The number of hydrogen-bond donors (Lipinski definition) is 1. The molecule has 1 unspecified atom stereocenters. The van der Waals surface area contributed by atoms with Gasteiger partial charge in [0, 0.05) is 6.04 Å². The van der Waals surface area contributed by atoms with Crippen molar-refractivity contribution in [1.29, 1.82) is 0 Å². The maximum absolute atomic E-state index is 5.96. The smallest absolute Gasteiger partial charge is 0.0620 e. The lowest BCUT2D eigenvalue weighted by atomic mass is 10.1. The number of hydrogen-bond acceptors (Lipinski definition) is 2. The van der Waals surface area contributed by atoms with Crippen molar-refractivity contribution >= 4 is 0 Å². The number of ether oxygens (including phenoxy) is 1. The lowest BCUT2D eigenvalue weighted by Gasteiger charge is -2.14. The third-order valence-electron chi connectivity index (χ3n) is 2.53. The van der Waals surface area contributed by atoms with E-state index < -0.39 is 0 Å². The van der Waals surface area contributed by atoms with Gasteiger partial charge in [-0.25, -0.2) is 0 Å². The summed E-state index contributed by atoms with van der Waals surface area (Å²) in [7, 11) is 0. The Balaban J connectivity index is 2.11. The molecule has 2 nitrogen and oxygen atoms in total. The van der Waals surface area contributed by atoms with Crippen molar-refractivity contribution < 1.29 is 4.74 Å². The van der Waals surface area contributed by atoms with Crippen molar-refractivity contribution in [1.82, 2.24) is 0 Å². The highest BCUT2D eigenvalue weighted by atomic mass is 16.5. The molecule has 2 N–H and O–H groups in total. The fraction of sp³-hybridized carbons (Fsp3) is 0.571. The predicted molar refractivity (Wildman–Crippen MR) is 68.4 cm³/mol. The molecule has 0 bridgehead atoms. The molecule has 90 valence electrons. The first-order valence-corrected chi connectivity index (χ1v) is 6.09. The summed E-state index contributed by atoms with van der Waals surface area (Å²) in [6.07, 6.45) is 3.55. The van der Waals surface area contributed by atoms with Gasteiger partial charge in [0.2, 0.25) is 0 Å². The molecule has 0 aliphatic rings. The van der Waals surface area contributed by atoms with E-state index in [1.807, 2.05) is 19.9 Å². The average molecular weight is 221 g/mol. The van der Waals surface area contributed by atoms with E-state index in [0.717, 1.165) is 19.3 Å². The third-order valence-corrected chi connectivity index (χ3v) is 2.53. The Bertz CT molecular complexity index is 271. The Morgan fingerprint density at radius 1 is 1.19 bits per heavy atom. The number of benzene rings is 1. The standard InChI is InChI=1S/C14H23NO/c1-12(2)16-11-14(15)10-6-9-13-7-4-3-5-8-13/h3-5,7-8,12,14H,6,9-11,15H2,1-2H3. The highest BCUT2D eigenvalue weighted by Gasteiger charge is 2.04. The van der Waals surface area contributed by atoms with E-state index in [1.165, 1.54) is 5.56 Å². The summed E-state index contributed by atoms with van der Waals surface area (Å²) in [5, 5.41) is 0. The lowest BCUT2D eigenvalue weighted by Crippen LogP contribution is -2.27. The van der Waals surface area contributed by atoms with Crippen LogP contribution in [0, 0.1) is 0 Å². The molecule has 0 aliphatic heterocycles. The first-order chi connectivity index (χ1) is 7.68. The summed E-state index contributed by atoms with van der Waals surface area (Å²) in [5.41, 5.74) is 7.35. The topological polar surface area (TPSA) is 35.2 Å². The largest absolute Gasteiger partial charge is 0.377 e. The molecule has 0 fully saturated rings. The third kappa shape index (κ3) is 5.89. The first kappa shape index (κ1) is 13.2. The van der Waals surface area contributed by atoms with E-state index in [0.29, 0.717) is 6.61 Å². The fourth-order valence-corrected chi connectivity index (χ4v) is 1.61. The summed E-state index contributed by atoms with van der Waals surface area (Å²) >= 11 is 0. The molecular weight excluding hydrogens is 198 g/mol. The summed E-state index contributed by atoms with van der Waals surface area (Å²) < 4.78 is 5.48. The van der Waals surface area contributed by atoms with E-state index in [2.05, 4.69) is 24.3 Å². The molecule has 2 heteroatoms. The molecule has 0 radical (unpaired) electrons. The van der Waals surface area contributed by atoms with Crippen LogP contribution in [0.3, 0.4) is 0 Å². The SMILES string of the molecule is CC(C)OCC(N)CCCc1ccccc1. The summed E-state index contributed by atoms with van der Waals surface area (Å²) in [6.45, 7) is 4.75. The quantitative estimate of drug-likeness (QED) is 0.768. The van der Waals surface area contributed by atoms with E-state index in [9.17, 15) is 0 Å². The van der Waals surface area contributed by atoms with Gasteiger partial charge in [0.15, 0.2) is 0 Å². The number of nitrogens with two attached hydrogens (primary N) is 1. The Kier molecular flexibility index (Phi) is 6.12. The molecule has 0 aromatic heterocycles. The van der Waals surface area contributed by atoms with Gasteiger partial charge < -0.3 is 10.5 Å². The Morgan fingerprint density at radius 3 is 2.50 bits per heavy atom. The number of aryl methyl sites for hydroxylation is 1. The fourth-order valence-electron chi connectivity index (χ4n) is 1.61. The zero-order valence-electron chi connectivity index (χ0n) is 10.4. The molecule has 1 aromatic rings. The van der Waals surface area contributed by atoms with Crippen molar-refractivity contribution in [2.45, 2.75) is 45.3 Å². The van der Waals surface area contributed by atoms with Crippen molar-refractivity contribution in [2.24, 2.45) is 5.73 Å². The van der Waals surface area contributed by atoms with Gasteiger partial charge in [-0.05, 0) is 38.7 Å². The van der Waals surface area contributed by atoms with Gasteiger partial charge in [0.05, 0.1) is 12.7 Å². The second-order valence-electron chi connectivity index (χ2n) is 4.52. The second-order valence-corrected chi connectivity index (χ2v) is 4.52. The minimum Gasteiger partial charge on any atom is -0.377 e. The Hall–Kier alpha value is -0.860. The van der Waals surface area contributed by atoms with E-state index in [1.54, 1.807) is 0 Å². The van der Waals surface area contributed by atoms with Gasteiger partial charge in [-0.2, -0.15) is 0 Å². The van der Waals surface area contributed by atoms with E-state index >= 15 is 0 Å². The number of rotatable bonds is 7. The minimum absolute atomic E-state index is 0.172. The van der Waals surface area contributed by atoms with Gasteiger partial charge in [-0.3, -0.25) is 0 Å².